The SMILES string of the molecule is CCc1ccccc1NS(=O)(=O)c1ccc(Br)s1. The number of para-hydroxylation sites is 1. The summed E-state index contributed by atoms with van der Waals surface area (Å²) in [6.07, 6.45) is 0.785. The molecule has 1 aromatic heterocycles. The molecule has 3 nitrogen and oxygen atoms in total. The third-order valence-electron chi connectivity index (χ3n) is 2.46. The highest BCUT2D eigenvalue weighted by molar-refractivity contribution is 9.11. The van der Waals surface area contributed by atoms with Crippen molar-refractivity contribution in [1.82, 2.24) is 0 Å². The lowest BCUT2D eigenvalue weighted by Crippen LogP contribution is -2.12. The first-order valence-corrected chi connectivity index (χ1v) is 8.48. The van der Waals surface area contributed by atoms with Crippen molar-refractivity contribution in [2.75, 3.05) is 4.72 Å². The van der Waals surface area contributed by atoms with Gasteiger partial charge in [0.15, 0.2) is 0 Å². The van der Waals surface area contributed by atoms with Gasteiger partial charge in [-0.1, -0.05) is 25.1 Å². The molecule has 96 valence electrons. The molecule has 0 aliphatic rings. The minimum Gasteiger partial charge on any atom is -0.279 e. The number of thiophene rings is 1. The lowest BCUT2D eigenvalue weighted by molar-refractivity contribution is 0.603. The number of hydrogen-bond donors (Lipinski definition) is 1. The summed E-state index contributed by atoms with van der Waals surface area (Å²) in [5.74, 6) is 0. The van der Waals surface area contributed by atoms with Crippen LogP contribution < -0.4 is 4.72 Å². The number of benzene rings is 1. The van der Waals surface area contributed by atoms with E-state index in [1.165, 1.54) is 11.3 Å². The van der Waals surface area contributed by atoms with E-state index >= 15 is 0 Å². The molecule has 0 atom stereocenters. The van der Waals surface area contributed by atoms with Crippen LogP contribution in [0.1, 0.15) is 12.5 Å². The maximum atomic E-state index is 12.2. The molecule has 0 saturated carbocycles. The Bertz CT molecular complexity index is 650. The first-order chi connectivity index (χ1) is 8.53. The minimum atomic E-state index is -3.49. The van der Waals surface area contributed by atoms with Crippen LogP contribution in [0, 0.1) is 0 Å². The number of hydrogen-bond acceptors (Lipinski definition) is 3. The molecule has 0 amide bonds. The maximum absolute atomic E-state index is 12.2. The van der Waals surface area contributed by atoms with Crippen molar-refractivity contribution < 1.29 is 8.42 Å². The van der Waals surface area contributed by atoms with Gasteiger partial charge in [0.05, 0.1) is 9.47 Å². The van der Waals surface area contributed by atoms with Crippen molar-refractivity contribution in [2.45, 2.75) is 17.6 Å². The van der Waals surface area contributed by atoms with Crippen LogP contribution >= 0.6 is 27.3 Å². The smallest absolute Gasteiger partial charge is 0.271 e. The molecule has 0 bridgehead atoms. The molecule has 0 saturated heterocycles. The third kappa shape index (κ3) is 2.93. The summed E-state index contributed by atoms with van der Waals surface area (Å²) >= 11 is 4.46. The molecular weight excluding hydrogens is 334 g/mol. The van der Waals surface area contributed by atoms with Gasteiger partial charge in [-0.15, -0.1) is 11.3 Å². The van der Waals surface area contributed by atoms with Gasteiger partial charge in [-0.25, -0.2) is 8.42 Å². The predicted octanol–water partition coefficient (Wildman–Crippen LogP) is 3.87. The summed E-state index contributed by atoms with van der Waals surface area (Å²) < 4.78 is 28.1. The second-order valence-electron chi connectivity index (χ2n) is 3.67. The lowest BCUT2D eigenvalue weighted by Gasteiger charge is -2.10. The molecule has 1 heterocycles. The van der Waals surface area contributed by atoms with Gasteiger partial charge in [0, 0.05) is 0 Å². The van der Waals surface area contributed by atoms with E-state index in [-0.39, 0.29) is 0 Å². The van der Waals surface area contributed by atoms with Crippen molar-refractivity contribution in [3.05, 3.63) is 45.7 Å². The molecule has 1 N–H and O–H groups in total. The Morgan fingerprint density at radius 1 is 1.22 bits per heavy atom. The van der Waals surface area contributed by atoms with E-state index in [1.807, 2.05) is 25.1 Å². The number of nitrogens with one attached hydrogen (secondary N) is 1. The Morgan fingerprint density at radius 3 is 2.56 bits per heavy atom. The van der Waals surface area contributed by atoms with Crippen LogP contribution in [0.15, 0.2) is 44.4 Å². The quantitative estimate of drug-likeness (QED) is 0.913. The van der Waals surface area contributed by atoms with Crippen molar-refractivity contribution in [2.24, 2.45) is 0 Å². The van der Waals surface area contributed by atoms with Crippen LogP contribution in [0.2, 0.25) is 0 Å². The van der Waals surface area contributed by atoms with Crippen molar-refractivity contribution in [1.29, 1.82) is 0 Å². The maximum Gasteiger partial charge on any atom is 0.271 e. The zero-order valence-electron chi connectivity index (χ0n) is 9.68. The van der Waals surface area contributed by atoms with E-state index in [0.29, 0.717) is 9.90 Å². The van der Waals surface area contributed by atoms with Crippen LogP contribution in [0.4, 0.5) is 5.69 Å². The molecule has 2 aromatic rings. The summed E-state index contributed by atoms with van der Waals surface area (Å²) in [7, 11) is -3.49. The largest absolute Gasteiger partial charge is 0.279 e. The first kappa shape index (κ1) is 13.6. The van der Waals surface area contributed by atoms with E-state index in [4.69, 9.17) is 0 Å². The summed E-state index contributed by atoms with van der Waals surface area (Å²) in [6.45, 7) is 1.99. The molecule has 0 aliphatic carbocycles. The van der Waals surface area contributed by atoms with Gasteiger partial charge in [0.1, 0.15) is 4.21 Å². The molecule has 1 aromatic carbocycles. The van der Waals surface area contributed by atoms with Crippen molar-refractivity contribution >= 4 is 43.0 Å². The fourth-order valence-electron chi connectivity index (χ4n) is 1.57. The lowest BCUT2D eigenvalue weighted by atomic mass is 10.1. The van der Waals surface area contributed by atoms with Gasteiger partial charge < -0.3 is 0 Å². The normalized spacial score (nSPS) is 11.4. The summed E-state index contributed by atoms with van der Waals surface area (Å²) in [5, 5.41) is 0. The van der Waals surface area contributed by atoms with Crippen LogP contribution in [0.3, 0.4) is 0 Å². The van der Waals surface area contributed by atoms with Gasteiger partial charge in [0.25, 0.3) is 10.0 Å². The van der Waals surface area contributed by atoms with E-state index < -0.39 is 10.0 Å². The highest BCUT2D eigenvalue weighted by Crippen LogP contribution is 2.28. The van der Waals surface area contributed by atoms with E-state index in [1.54, 1.807) is 18.2 Å². The Labute approximate surface area is 119 Å². The molecule has 0 spiro atoms. The van der Waals surface area contributed by atoms with Gasteiger partial charge in [0.2, 0.25) is 0 Å². The number of aryl methyl sites for hydroxylation is 1. The number of halogens is 1. The Balaban J connectivity index is 2.33. The fraction of sp³-hybridized carbons (Fsp3) is 0.167. The molecule has 0 radical (unpaired) electrons. The summed E-state index contributed by atoms with van der Waals surface area (Å²) in [5.41, 5.74) is 1.63. The Morgan fingerprint density at radius 2 is 1.94 bits per heavy atom. The monoisotopic (exact) mass is 345 g/mol. The second-order valence-corrected chi connectivity index (χ2v) is 8.05. The molecule has 6 heteroatoms. The van der Waals surface area contributed by atoms with Crippen molar-refractivity contribution in [3.63, 3.8) is 0 Å². The first-order valence-electron chi connectivity index (χ1n) is 5.39. The Hall–Kier alpha value is -0.850. The predicted molar refractivity (Wildman–Crippen MR) is 78.6 cm³/mol. The van der Waals surface area contributed by atoms with E-state index in [0.717, 1.165) is 15.8 Å². The Kier molecular flexibility index (Phi) is 4.09. The molecule has 0 aliphatic heterocycles. The highest BCUT2D eigenvalue weighted by atomic mass is 79.9. The number of sulfonamides is 1. The van der Waals surface area contributed by atoms with Crippen LogP contribution in [0.5, 0.6) is 0 Å². The van der Waals surface area contributed by atoms with E-state index in [9.17, 15) is 8.42 Å². The standard InChI is InChI=1S/C12H12BrNO2S2/c1-2-9-5-3-4-6-10(9)14-18(15,16)12-8-7-11(13)17-12/h3-8,14H,2H2,1H3. The average Bonchev–Trinajstić information content (AvgIpc) is 2.77. The van der Waals surface area contributed by atoms with Crippen LogP contribution in [0.25, 0.3) is 0 Å². The van der Waals surface area contributed by atoms with Gasteiger partial charge in [-0.05, 0) is 46.1 Å². The van der Waals surface area contributed by atoms with Crippen molar-refractivity contribution in [3.8, 4) is 0 Å². The molecular formula is C12H12BrNO2S2. The van der Waals surface area contributed by atoms with Crippen LogP contribution in [-0.4, -0.2) is 8.42 Å². The minimum absolute atomic E-state index is 0.306. The van der Waals surface area contributed by atoms with E-state index in [2.05, 4.69) is 20.7 Å². The second kappa shape index (κ2) is 5.42. The number of rotatable bonds is 4. The zero-order valence-corrected chi connectivity index (χ0v) is 12.9. The van der Waals surface area contributed by atoms with Gasteiger partial charge in [-0.2, -0.15) is 0 Å². The van der Waals surface area contributed by atoms with Crippen LogP contribution in [-0.2, 0) is 16.4 Å². The summed E-state index contributed by atoms with van der Waals surface area (Å²) in [6, 6.07) is 10.7. The van der Waals surface area contributed by atoms with Gasteiger partial charge in [-0.3, -0.25) is 4.72 Å². The average molecular weight is 346 g/mol. The zero-order chi connectivity index (χ0) is 13.2. The molecule has 0 unspecified atom stereocenters. The highest BCUT2D eigenvalue weighted by Gasteiger charge is 2.17. The topological polar surface area (TPSA) is 46.2 Å². The fourth-order valence-corrected chi connectivity index (χ4v) is 4.68. The molecule has 2 rings (SSSR count). The van der Waals surface area contributed by atoms with Gasteiger partial charge >= 0.3 is 0 Å². The third-order valence-corrected chi connectivity index (χ3v) is 5.94. The molecule has 0 fully saturated rings. The number of anilines is 1. The molecule has 18 heavy (non-hydrogen) atoms. The summed E-state index contributed by atoms with van der Waals surface area (Å²) in [4.78, 5) is 0.